The summed E-state index contributed by atoms with van der Waals surface area (Å²) < 4.78 is 28.3. The van der Waals surface area contributed by atoms with Crippen LogP contribution in [0.2, 0.25) is 0 Å². The van der Waals surface area contributed by atoms with Crippen LogP contribution in [0.25, 0.3) is 0 Å². The maximum absolute atomic E-state index is 12.5. The van der Waals surface area contributed by atoms with Crippen LogP contribution < -0.4 is 0 Å². The van der Waals surface area contributed by atoms with Crippen molar-refractivity contribution in [2.45, 2.75) is 38.4 Å². The second-order valence-corrected chi connectivity index (χ2v) is 8.50. The van der Waals surface area contributed by atoms with E-state index < -0.39 is 10.0 Å². The molecule has 2 fully saturated rings. The van der Waals surface area contributed by atoms with Gasteiger partial charge in [-0.25, -0.2) is 12.7 Å². The molecule has 5 nitrogen and oxygen atoms in total. The molecule has 1 aliphatic carbocycles. The standard InChI is InChI=1S/C14H23N3O2S/c1-14(12-3-4-12)6-9-17(10-7-14)20(18,19)11-13-5-8-15-16(13)2/h5,8,12H,3-4,6-7,9-11H2,1-2H3. The number of hydrogen-bond acceptors (Lipinski definition) is 3. The van der Waals surface area contributed by atoms with Gasteiger partial charge in [-0.05, 0) is 43.1 Å². The Balaban J connectivity index is 1.66. The Hall–Kier alpha value is -0.880. The van der Waals surface area contributed by atoms with Gasteiger partial charge in [0, 0.05) is 26.3 Å². The number of aromatic nitrogens is 2. The van der Waals surface area contributed by atoms with E-state index in [0.717, 1.165) is 24.5 Å². The molecule has 6 heteroatoms. The van der Waals surface area contributed by atoms with Crippen LogP contribution in [-0.2, 0) is 22.8 Å². The fourth-order valence-electron chi connectivity index (χ4n) is 3.28. The summed E-state index contributed by atoms with van der Waals surface area (Å²) in [4.78, 5) is 0. The third-order valence-corrected chi connectivity index (χ3v) is 6.89. The van der Waals surface area contributed by atoms with Gasteiger partial charge in [0.15, 0.2) is 0 Å². The normalized spacial score (nSPS) is 23.9. The molecule has 2 aliphatic rings. The van der Waals surface area contributed by atoms with Crippen LogP contribution in [0.15, 0.2) is 12.3 Å². The van der Waals surface area contributed by atoms with Gasteiger partial charge in [-0.15, -0.1) is 0 Å². The topological polar surface area (TPSA) is 55.2 Å². The highest BCUT2D eigenvalue weighted by molar-refractivity contribution is 7.88. The second kappa shape index (κ2) is 4.84. The summed E-state index contributed by atoms with van der Waals surface area (Å²) >= 11 is 0. The van der Waals surface area contributed by atoms with E-state index in [9.17, 15) is 8.42 Å². The molecule has 0 N–H and O–H groups in total. The highest BCUT2D eigenvalue weighted by Gasteiger charge is 2.44. The third kappa shape index (κ3) is 2.63. The van der Waals surface area contributed by atoms with Gasteiger partial charge in [-0.1, -0.05) is 6.92 Å². The highest BCUT2D eigenvalue weighted by atomic mass is 32.2. The Bertz CT molecular complexity index is 581. The molecule has 0 radical (unpaired) electrons. The monoisotopic (exact) mass is 297 g/mol. The van der Waals surface area contributed by atoms with Crippen molar-refractivity contribution in [2.75, 3.05) is 13.1 Å². The fraction of sp³-hybridized carbons (Fsp3) is 0.786. The lowest BCUT2D eigenvalue weighted by Gasteiger charge is -2.39. The van der Waals surface area contributed by atoms with Crippen molar-refractivity contribution < 1.29 is 8.42 Å². The molecule has 1 saturated carbocycles. The summed E-state index contributed by atoms with van der Waals surface area (Å²) in [6.45, 7) is 3.68. The molecule has 0 atom stereocenters. The minimum atomic E-state index is -3.21. The van der Waals surface area contributed by atoms with Crippen molar-refractivity contribution in [3.8, 4) is 0 Å². The molecule has 1 aromatic heterocycles. The molecule has 0 unspecified atom stereocenters. The Morgan fingerprint density at radius 1 is 1.35 bits per heavy atom. The Morgan fingerprint density at radius 2 is 2.00 bits per heavy atom. The van der Waals surface area contributed by atoms with Gasteiger partial charge in [0.25, 0.3) is 0 Å². The van der Waals surface area contributed by atoms with E-state index in [2.05, 4.69) is 12.0 Å². The van der Waals surface area contributed by atoms with Crippen LogP contribution in [0.1, 0.15) is 38.3 Å². The first kappa shape index (κ1) is 14.1. The summed E-state index contributed by atoms with van der Waals surface area (Å²) in [6.07, 6.45) is 6.31. The summed E-state index contributed by atoms with van der Waals surface area (Å²) in [5.41, 5.74) is 1.12. The smallest absolute Gasteiger partial charge is 0.219 e. The largest absolute Gasteiger partial charge is 0.272 e. The highest BCUT2D eigenvalue weighted by Crippen LogP contribution is 2.51. The van der Waals surface area contributed by atoms with Crippen LogP contribution in [0.3, 0.4) is 0 Å². The number of nitrogens with zero attached hydrogens (tertiary/aromatic N) is 3. The number of sulfonamides is 1. The van der Waals surface area contributed by atoms with Gasteiger partial charge >= 0.3 is 0 Å². The lowest BCUT2D eigenvalue weighted by atomic mass is 9.77. The van der Waals surface area contributed by atoms with Gasteiger partial charge in [-0.3, -0.25) is 4.68 Å². The SMILES string of the molecule is Cn1nccc1CS(=O)(=O)N1CCC(C)(C2CC2)CC1. The predicted octanol–water partition coefficient (Wildman–Crippen LogP) is 1.76. The number of rotatable bonds is 4. The quantitative estimate of drug-likeness (QED) is 0.851. The van der Waals surface area contributed by atoms with E-state index in [4.69, 9.17) is 0 Å². The second-order valence-electron chi connectivity index (χ2n) is 6.53. The summed E-state index contributed by atoms with van der Waals surface area (Å²) in [6, 6.07) is 1.77. The molecule has 3 rings (SSSR count). The minimum Gasteiger partial charge on any atom is -0.272 e. The molecule has 1 aliphatic heterocycles. The van der Waals surface area contributed by atoms with Crippen molar-refractivity contribution in [2.24, 2.45) is 18.4 Å². The number of aryl methyl sites for hydroxylation is 1. The average Bonchev–Trinajstić information content (AvgIpc) is 3.17. The first-order chi connectivity index (χ1) is 9.41. The van der Waals surface area contributed by atoms with Crippen LogP contribution in [0, 0.1) is 11.3 Å². The number of piperidine rings is 1. The average molecular weight is 297 g/mol. The fourth-order valence-corrected chi connectivity index (χ4v) is 4.86. The zero-order valence-electron chi connectivity index (χ0n) is 12.2. The van der Waals surface area contributed by atoms with E-state index in [0.29, 0.717) is 18.5 Å². The maximum atomic E-state index is 12.5. The van der Waals surface area contributed by atoms with E-state index in [-0.39, 0.29) is 5.75 Å². The Morgan fingerprint density at radius 3 is 2.50 bits per heavy atom. The summed E-state index contributed by atoms with van der Waals surface area (Å²) in [5, 5.41) is 4.03. The van der Waals surface area contributed by atoms with E-state index in [1.54, 1.807) is 28.3 Å². The van der Waals surface area contributed by atoms with Crippen molar-refractivity contribution in [3.63, 3.8) is 0 Å². The molecular weight excluding hydrogens is 274 g/mol. The third-order valence-electron chi connectivity index (χ3n) is 5.07. The minimum absolute atomic E-state index is 0.0592. The summed E-state index contributed by atoms with van der Waals surface area (Å²) in [5.74, 6) is 0.897. The predicted molar refractivity (Wildman–Crippen MR) is 77.5 cm³/mol. The van der Waals surface area contributed by atoms with Crippen molar-refractivity contribution in [1.29, 1.82) is 0 Å². The van der Waals surface area contributed by atoms with Crippen LogP contribution in [-0.4, -0.2) is 35.6 Å². The first-order valence-electron chi connectivity index (χ1n) is 7.35. The molecule has 0 amide bonds. The lowest BCUT2D eigenvalue weighted by molar-refractivity contribution is 0.147. The zero-order chi connectivity index (χ0) is 14.4. The Kier molecular flexibility index (Phi) is 3.41. The van der Waals surface area contributed by atoms with Crippen LogP contribution in [0.5, 0.6) is 0 Å². The number of hydrogen-bond donors (Lipinski definition) is 0. The molecule has 0 spiro atoms. The first-order valence-corrected chi connectivity index (χ1v) is 8.96. The van der Waals surface area contributed by atoms with Crippen LogP contribution >= 0.6 is 0 Å². The summed E-state index contributed by atoms with van der Waals surface area (Å²) in [7, 11) is -1.43. The molecule has 1 aromatic rings. The molecular formula is C14H23N3O2S. The Labute approximate surface area is 121 Å². The zero-order valence-corrected chi connectivity index (χ0v) is 13.1. The van der Waals surface area contributed by atoms with Crippen molar-refractivity contribution in [3.05, 3.63) is 18.0 Å². The van der Waals surface area contributed by atoms with Gasteiger partial charge in [0.05, 0.1) is 5.69 Å². The van der Waals surface area contributed by atoms with E-state index >= 15 is 0 Å². The maximum Gasteiger partial charge on any atom is 0.219 e. The van der Waals surface area contributed by atoms with Crippen LogP contribution in [0.4, 0.5) is 0 Å². The molecule has 0 aromatic carbocycles. The van der Waals surface area contributed by atoms with Gasteiger partial charge in [0.2, 0.25) is 10.0 Å². The van der Waals surface area contributed by atoms with Crippen molar-refractivity contribution >= 4 is 10.0 Å². The molecule has 112 valence electrons. The molecule has 1 saturated heterocycles. The van der Waals surface area contributed by atoms with E-state index in [1.165, 1.54) is 12.8 Å². The molecule has 0 bridgehead atoms. The van der Waals surface area contributed by atoms with Gasteiger partial charge in [-0.2, -0.15) is 5.10 Å². The van der Waals surface area contributed by atoms with Gasteiger partial charge in [0.1, 0.15) is 5.75 Å². The lowest BCUT2D eigenvalue weighted by Crippen LogP contribution is -2.43. The van der Waals surface area contributed by atoms with Crippen molar-refractivity contribution in [1.82, 2.24) is 14.1 Å². The van der Waals surface area contributed by atoms with E-state index in [1.807, 2.05) is 0 Å². The molecule has 2 heterocycles. The molecule has 20 heavy (non-hydrogen) atoms. The van der Waals surface area contributed by atoms with Gasteiger partial charge < -0.3 is 0 Å².